The number of allylic oxidation sites excluding steroid dienone is 2. The maximum Gasteiger partial charge on any atom is 0.254 e. The summed E-state index contributed by atoms with van der Waals surface area (Å²) in [6.45, 7) is 5.28. The number of hydrogen-bond donors (Lipinski definition) is 2. The first kappa shape index (κ1) is 22.9. The summed E-state index contributed by atoms with van der Waals surface area (Å²) in [4.78, 5) is 29.9. The minimum Gasteiger partial charge on any atom is -0.369 e. The third-order valence-corrected chi connectivity index (χ3v) is 6.90. The Labute approximate surface area is 210 Å². The molecule has 1 saturated heterocycles. The normalized spacial score (nSPS) is 17.2. The molecule has 1 fully saturated rings. The maximum absolute atomic E-state index is 14.0. The standard InChI is InChI=1S/C29H26ClN3O2/c1-18-8-6-7-11-23(18)32-29(35)24-19(2)33-17-16-31-28(33)26(27(34)21-9-4-3-5-10-21)25(24)20-12-14-22(30)15-13-20/h3-15,25,31H,16-17H2,1-2H3,(H,32,35). The monoisotopic (exact) mass is 483 g/mol. The van der Waals surface area contributed by atoms with E-state index in [4.69, 9.17) is 11.6 Å². The van der Waals surface area contributed by atoms with Gasteiger partial charge in [-0.3, -0.25) is 9.59 Å². The van der Waals surface area contributed by atoms with Crippen molar-refractivity contribution in [3.05, 3.63) is 123 Å². The number of halogens is 1. The SMILES string of the molecule is CC1=C(C(=O)Nc2ccccc2C)C(c2ccc(Cl)cc2)C(C(=O)c2ccccc2)=C2NCCN12. The molecular formula is C29H26ClN3O2. The zero-order chi connectivity index (χ0) is 24.5. The number of amides is 1. The number of para-hydroxylation sites is 1. The van der Waals surface area contributed by atoms with Crippen LogP contribution in [-0.2, 0) is 4.79 Å². The van der Waals surface area contributed by atoms with Crippen LogP contribution < -0.4 is 10.6 Å². The summed E-state index contributed by atoms with van der Waals surface area (Å²) in [5.41, 5.74) is 5.10. The van der Waals surface area contributed by atoms with Crippen molar-refractivity contribution in [3.63, 3.8) is 0 Å². The van der Waals surface area contributed by atoms with Crippen molar-refractivity contribution in [3.8, 4) is 0 Å². The van der Waals surface area contributed by atoms with E-state index in [-0.39, 0.29) is 11.7 Å². The molecule has 0 radical (unpaired) electrons. The molecule has 1 amide bonds. The van der Waals surface area contributed by atoms with Crippen LogP contribution in [0.1, 0.15) is 34.3 Å². The van der Waals surface area contributed by atoms with Gasteiger partial charge in [-0.05, 0) is 43.2 Å². The largest absolute Gasteiger partial charge is 0.369 e. The smallest absolute Gasteiger partial charge is 0.254 e. The molecule has 3 aromatic rings. The summed E-state index contributed by atoms with van der Waals surface area (Å²) in [6, 6.07) is 24.3. The molecule has 5 nitrogen and oxygen atoms in total. The van der Waals surface area contributed by atoms with Crippen molar-refractivity contribution < 1.29 is 9.59 Å². The molecule has 2 heterocycles. The Bertz CT molecular complexity index is 1360. The quantitative estimate of drug-likeness (QED) is 0.460. The second-order valence-electron chi connectivity index (χ2n) is 8.79. The highest BCUT2D eigenvalue weighted by Crippen LogP contribution is 2.44. The summed E-state index contributed by atoms with van der Waals surface area (Å²) >= 11 is 6.20. The van der Waals surface area contributed by atoms with Gasteiger partial charge in [0.05, 0.1) is 5.57 Å². The van der Waals surface area contributed by atoms with Crippen molar-refractivity contribution in [1.29, 1.82) is 0 Å². The summed E-state index contributed by atoms with van der Waals surface area (Å²) in [5, 5.41) is 7.11. The van der Waals surface area contributed by atoms with E-state index in [1.165, 1.54) is 0 Å². The zero-order valence-electron chi connectivity index (χ0n) is 19.6. The van der Waals surface area contributed by atoms with Gasteiger partial charge in [-0.25, -0.2) is 0 Å². The van der Waals surface area contributed by atoms with E-state index in [9.17, 15) is 9.59 Å². The highest BCUT2D eigenvalue weighted by Gasteiger charge is 2.42. The Morgan fingerprint density at radius 2 is 1.60 bits per heavy atom. The molecular weight excluding hydrogens is 458 g/mol. The molecule has 1 unspecified atom stereocenters. The molecule has 0 saturated carbocycles. The predicted molar refractivity (Wildman–Crippen MR) is 139 cm³/mol. The number of rotatable bonds is 5. The van der Waals surface area contributed by atoms with Crippen LogP contribution in [0.5, 0.6) is 0 Å². The molecule has 2 aliphatic heterocycles. The lowest BCUT2D eigenvalue weighted by molar-refractivity contribution is -0.113. The van der Waals surface area contributed by atoms with Crippen molar-refractivity contribution >= 4 is 29.0 Å². The molecule has 0 bridgehead atoms. The summed E-state index contributed by atoms with van der Waals surface area (Å²) < 4.78 is 0. The Morgan fingerprint density at radius 3 is 2.31 bits per heavy atom. The highest BCUT2D eigenvalue weighted by molar-refractivity contribution is 6.30. The molecule has 1 atom stereocenters. The second kappa shape index (κ2) is 9.43. The number of hydrogen-bond acceptors (Lipinski definition) is 4. The molecule has 35 heavy (non-hydrogen) atoms. The molecule has 0 spiro atoms. The van der Waals surface area contributed by atoms with Gasteiger partial charge in [-0.15, -0.1) is 0 Å². The topological polar surface area (TPSA) is 61.4 Å². The molecule has 6 heteroatoms. The number of nitrogens with zero attached hydrogens (tertiary/aromatic N) is 1. The van der Waals surface area contributed by atoms with Gasteiger partial charge in [-0.1, -0.05) is 72.3 Å². The predicted octanol–water partition coefficient (Wildman–Crippen LogP) is 5.66. The van der Waals surface area contributed by atoms with Gasteiger partial charge in [-0.2, -0.15) is 0 Å². The Kier molecular flexibility index (Phi) is 6.18. The third kappa shape index (κ3) is 4.24. The second-order valence-corrected chi connectivity index (χ2v) is 9.22. The number of fused-ring (bicyclic) bond motifs is 1. The Hall–Kier alpha value is -3.83. The highest BCUT2D eigenvalue weighted by atomic mass is 35.5. The van der Waals surface area contributed by atoms with Crippen LogP contribution in [0.15, 0.2) is 102 Å². The number of anilines is 1. The number of aryl methyl sites for hydroxylation is 1. The van der Waals surface area contributed by atoms with Gasteiger partial charge >= 0.3 is 0 Å². The number of benzene rings is 3. The van der Waals surface area contributed by atoms with Crippen LogP contribution in [0.4, 0.5) is 5.69 Å². The van der Waals surface area contributed by atoms with Crippen LogP contribution >= 0.6 is 11.6 Å². The number of nitrogens with one attached hydrogen (secondary N) is 2. The molecule has 2 N–H and O–H groups in total. The fourth-order valence-corrected chi connectivity index (χ4v) is 5.00. The lowest BCUT2D eigenvalue weighted by Gasteiger charge is -2.36. The van der Waals surface area contributed by atoms with Crippen LogP contribution in [0, 0.1) is 6.92 Å². The molecule has 2 aliphatic rings. The zero-order valence-corrected chi connectivity index (χ0v) is 20.4. The average molecular weight is 484 g/mol. The van der Waals surface area contributed by atoms with Gasteiger partial charge in [0, 0.05) is 46.6 Å². The van der Waals surface area contributed by atoms with Crippen molar-refractivity contribution in [2.45, 2.75) is 19.8 Å². The first-order valence-electron chi connectivity index (χ1n) is 11.6. The molecule has 5 rings (SSSR count). The van der Waals surface area contributed by atoms with Gasteiger partial charge in [0.2, 0.25) is 0 Å². The van der Waals surface area contributed by atoms with Gasteiger partial charge in [0.15, 0.2) is 5.78 Å². The van der Waals surface area contributed by atoms with Crippen LogP contribution in [0.3, 0.4) is 0 Å². The minimum absolute atomic E-state index is 0.103. The lowest BCUT2D eigenvalue weighted by atomic mass is 9.77. The van der Waals surface area contributed by atoms with Crippen molar-refractivity contribution in [1.82, 2.24) is 10.2 Å². The van der Waals surface area contributed by atoms with E-state index >= 15 is 0 Å². The summed E-state index contributed by atoms with van der Waals surface area (Å²) in [7, 11) is 0. The van der Waals surface area contributed by atoms with Gasteiger partial charge in [0.25, 0.3) is 5.91 Å². The van der Waals surface area contributed by atoms with Gasteiger partial charge < -0.3 is 15.5 Å². The first-order valence-corrected chi connectivity index (χ1v) is 12.0. The van der Waals surface area contributed by atoms with Crippen molar-refractivity contribution in [2.75, 3.05) is 18.4 Å². The summed E-state index contributed by atoms with van der Waals surface area (Å²) in [5.74, 6) is -0.112. The number of carbonyl (C=O) groups is 2. The van der Waals surface area contributed by atoms with E-state index in [2.05, 4.69) is 15.5 Å². The molecule has 176 valence electrons. The maximum atomic E-state index is 14.0. The average Bonchev–Trinajstić information content (AvgIpc) is 3.36. The van der Waals surface area contributed by atoms with Crippen LogP contribution in [-0.4, -0.2) is 29.7 Å². The Morgan fingerprint density at radius 1 is 0.914 bits per heavy atom. The van der Waals surface area contributed by atoms with E-state index in [0.29, 0.717) is 34.8 Å². The summed E-state index contributed by atoms with van der Waals surface area (Å²) in [6.07, 6.45) is 0. The number of carbonyl (C=O) groups excluding carboxylic acids is 2. The lowest BCUT2D eigenvalue weighted by Crippen LogP contribution is -2.36. The minimum atomic E-state index is -0.555. The number of ketones is 1. The fourth-order valence-electron chi connectivity index (χ4n) is 4.88. The Balaban J connectivity index is 1.68. The van der Waals surface area contributed by atoms with Gasteiger partial charge in [0.1, 0.15) is 5.82 Å². The van der Waals surface area contributed by atoms with E-state index in [0.717, 1.165) is 28.3 Å². The third-order valence-electron chi connectivity index (χ3n) is 6.65. The molecule has 0 aromatic heterocycles. The fraction of sp³-hybridized carbons (Fsp3) is 0.172. The molecule has 3 aromatic carbocycles. The van der Waals surface area contributed by atoms with Crippen LogP contribution in [0.25, 0.3) is 0 Å². The van der Waals surface area contributed by atoms with E-state index in [1.54, 1.807) is 12.1 Å². The van der Waals surface area contributed by atoms with Crippen molar-refractivity contribution in [2.24, 2.45) is 0 Å². The first-order chi connectivity index (χ1) is 17.0. The number of Topliss-reactive ketones (excluding diaryl/α,β-unsaturated/α-hetero) is 1. The molecule has 0 aliphatic carbocycles. The van der Waals surface area contributed by atoms with E-state index in [1.807, 2.05) is 80.6 Å². The van der Waals surface area contributed by atoms with Crippen LogP contribution in [0.2, 0.25) is 5.02 Å². The van der Waals surface area contributed by atoms with E-state index < -0.39 is 5.92 Å².